The van der Waals surface area contributed by atoms with E-state index in [-0.39, 0.29) is 10.8 Å². The number of carbonyl (C=O) groups is 1. The fourth-order valence-corrected chi connectivity index (χ4v) is 2.44. The minimum absolute atomic E-state index is 0.0780. The van der Waals surface area contributed by atoms with E-state index in [0.29, 0.717) is 25.3 Å². The van der Waals surface area contributed by atoms with Crippen molar-refractivity contribution in [2.45, 2.75) is 37.6 Å². The largest absolute Gasteiger partial charge is 0.354 e. The van der Waals surface area contributed by atoms with Gasteiger partial charge in [-0.05, 0) is 36.5 Å². The molecule has 0 spiro atoms. The number of rotatable bonds is 7. The summed E-state index contributed by atoms with van der Waals surface area (Å²) in [6.45, 7) is 4.49. The molecule has 5 N–H and O–H groups in total. The monoisotopic (exact) mass is 313 g/mol. The van der Waals surface area contributed by atoms with E-state index in [1.54, 1.807) is 12.1 Å². The summed E-state index contributed by atoms with van der Waals surface area (Å²) < 4.78 is 22.2. The van der Waals surface area contributed by atoms with Crippen molar-refractivity contribution in [2.24, 2.45) is 16.8 Å². The van der Waals surface area contributed by atoms with Crippen LogP contribution in [0.4, 0.5) is 0 Å². The Morgan fingerprint density at radius 3 is 2.29 bits per heavy atom. The van der Waals surface area contributed by atoms with Crippen molar-refractivity contribution in [3.8, 4) is 0 Å². The molecule has 0 aliphatic carbocycles. The molecule has 1 aromatic rings. The van der Waals surface area contributed by atoms with E-state index in [2.05, 4.69) is 5.32 Å². The second-order valence-corrected chi connectivity index (χ2v) is 7.03. The van der Waals surface area contributed by atoms with Crippen LogP contribution in [0.2, 0.25) is 0 Å². The van der Waals surface area contributed by atoms with Gasteiger partial charge in [-0.3, -0.25) is 4.79 Å². The first-order chi connectivity index (χ1) is 9.70. The number of benzene rings is 1. The van der Waals surface area contributed by atoms with Gasteiger partial charge in [0, 0.05) is 6.54 Å². The van der Waals surface area contributed by atoms with Gasteiger partial charge in [-0.15, -0.1) is 0 Å². The van der Waals surface area contributed by atoms with Gasteiger partial charge in [0.25, 0.3) is 0 Å². The van der Waals surface area contributed by atoms with Crippen LogP contribution in [0, 0.1) is 5.92 Å². The van der Waals surface area contributed by atoms with Gasteiger partial charge in [0.1, 0.15) is 0 Å². The summed E-state index contributed by atoms with van der Waals surface area (Å²) in [5.41, 5.74) is 6.69. The second kappa shape index (κ2) is 7.53. The van der Waals surface area contributed by atoms with Crippen molar-refractivity contribution in [3.05, 3.63) is 29.8 Å². The molecule has 0 saturated heterocycles. The van der Waals surface area contributed by atoms with Crippen molar-refractivity contribution in [1.29, 1.82) is 0 Å². The third-order valence-electron chi connectivity index (χ3n) is 3.03. The molecule has 0 fully saturated rings. The summed E-state index contributed by atoms with van der Waals surface area (Å²) in [7, 11) is -3.66. The van der Waals surface area contributed by atoms with Crippen LogP contribution in [0.3, 0.4) is 0 Å². The van der Waals surface area contributed by atoms with Crippen molar-refractivity contribution < 1.29 is 13.2 Å². The van der Waals surface area contributed by atoms with Crippen molar-refractivity contribution in [2.75, 3.05) is 6.54 Å². The van der Waals surface area contributed by atoms with Gasteiger partial charge in [-0.1, -0.05) is 26.0 Å². The third-order valence-corrected chi connectivity index (χ3v) is 3.96. The van der Waals surface area contributed by atoms with Gasteiger partial charge in [-0.2, -0.15) is 0 Å². The maximum atomic E-state index is 11.7. The van der Waals surface area contributed by atoms with Gasteiger partial charge in [0.05, 0.1) is 10.9 Å². The van der Waals surface area contributed by atoms with Crippen molar-refractivity contribution >= 4 is 15.9 Å². The van der Waals surface area contributed by atoms with Crippen LogP contribution in [0.15, 0.2) is 29.2 Å². The normalized spacial score (nSPS) is 13.2. The van der Waals surface area contributed by atoms with Crippen LogP contribution in [-0.2, 0) is 21.2 Å². The average Bonchev–Trinajstić information content (AvgIpc) is 2.37. The lowest BCUT2D eigenvalue weighted by Gasteiger charge is -2.14. The Morgan fingerprint density at radius 1 is 1.24 bits per heavy atom. The molecule has 1 aromatic carbocycles. The van der Waals surface area contributed by atoms with Gasteiger partial charge in [0.15, 0.2) is 0 Å². The van der Waals surface area contributed by atoms with Crippen LogP contribution in [0.25, 0.3) is 0 Å². The van der Waals surface area contributed by atoms with Crippen LogP contribution in [0.5, 0.6) is 0 Å². The zero-order valence-electron chi connectivity index (χ0n) is 12.4. The van der Waals surface area contributed by atoms with E-state index < -0.39 is 16.1 Å². The number of hydrogen-bond donors (Lipinski definition) is 3. The Morgan fingerprint density at radius 2 is 1.81 bits per heavy atom. The molecule has 0 radical (unpaired) electrons. The standard InChI is InChI=1S/C14H23N3O3S/c1-10(2)9-13(15)14(18)17-8-7-11-3-5-12(6-4-11)21(16,19)20/h3-6,10,13H,7-9,15H2,1-2H3,(H,17,18)(H2,16,19,20)/t13-/m0/s1. The van der Waals surface area contributed by atoms with Gasteiger partial charge < -0.3 is 11.1 Å². The lowest BCUT2D eigenvalue weighted by Crippen LogP contribution is -2.42. The van der Waals surface area contributed by atoms with Gasteiger partial charge in [0.2, 0.25) is 15.9 Å². The molecule has 0 unspecified atom stereocenters. The molecule has 118 valence electrons. The van der Waals surface area contributed by atoms with E-state index in [0.717, 1.165) is 5.56 Å². The van der Waals surface area contributed by atoms with Crippen LogP contribution >= 0.6 is 0 Å². The summed E-state index contributed by atoms with van der Waals surface area (Å²) in [5, 5.41) is 7.80. The minimum Gasteiger partial charge on any atom is -0.354 e. The Bertz CT molecular complexity index is 568. The van der Waals surface area contributed by atoms with Crippen molar-refractivity contribution in [3.63, 3.8) is 0 Å². The molecular weight excluding hydrogens is 290 g/mol. The van der Waals surface area contributed by atoms with Crippen LogP contribution in [-0.4, -0.2) is 26.9 Å². The highest BCUT2D eigenvalue weighted by Gasteiger charge is 2.14. The molecule has 0 bridgehead atoms. The predicted octanol–water partition coefficient (Wildman–Crippen LogP) is 0.366. The Balaban J connectivity index is 2.44. The Labute approximate surface area is 126 Å². The van der Waals surface area contributed by atoms with E-state index in [4.69, 9.17) is 10.9 Å². The summed E-state index contributed by atoms with van der Waals surface area (Å²) in [4.78, 5) is 11.8. The summed E-state index contributed by atoms with van der Waals surface area (Å²) in [6.07, 6.45) is 1.25. The molecule has 0 aliphatic rings. The third kappa shape index (κ3) is 6.24. The number of hydrogen-bond acceptors (Lipinski definition) is 4. The maximum Gasteiger partial charge on any atom is 0.238 e. The smallest absolute Gasteiger partial charge is 0.238 e. The number of carbonyl (C=O) groups excluding carboxylic acids is 1. The molecule has 1 rings (SSSR count). The van der Waals surface area contributed by atoms with E-state index in [1.165, 1.54) is 12.1 Å². The molecule has 0 aromatic heterocycles. The topological polar surface area (TPSA) is 115 Å². The highest BCUT2D eigenvalue weighted by atomic mass is 32.2. The lowest BCUT2D eigenvalue weighted by molar-refractivity contribution is -0.122. The molecule has 6 nitrogen and oxygen atoms in total. The SMILES string of the molecule is CC(C)C[C@H](N)C(=O)NCCc1ccc(S(N)(=O)=O)cc1. The van der Waals surface area contributed by atoms with E-state index >= 15 is 0 Å². The molecule has 7 heteroatoms. The zero-order valence-corrected chi connectivity index (χ0v) is 13.2. The fourth-order valence-electron chi connectivity index (χ4n) is 1.92. The lowest BCUT2D eigenvalue weighted by atomic mass is 10.0. The highest BCUT2D eigenvalue weighted by Crippen LogP contribution is 2.09. The van der Waals surface area contributed by atoms with E-state index in [1.807, 2.05) is 13.8 Å². The number of primary sulfonamides is 1. The summed E-state index contributed by atoms with van der Waals surface area (Å²) >= 11 is 0. The number of nitrogens with two attached hydrogens (primary N) is 2. The highest BCUT2D eigenvalue weighted by molar-refractivity contribution is 7.89. The number of nitrogens with one attached hydrogen (secondary N) is 1. The van der Waals surface area contributed by atoms with Gasteiger partial charge >= 0.3 is 0 Å². The Hall–Kier alpha value is -1.44. The summed E-state index contributed by atoms with van der Waals surface area (Å²) in [6, 6.07) is 5.78. The zero-order chi connectivity index (χ0) is 16.0. The second-order valence-electron chi connectivity index (χ2n) is 5.47. The minimum atomic E-state index is -3.66. The molecule has 0 heterocycles. The first kappa shape index (κ1) is 17.6. The first-order valence-electron chi connectivity index (χ1n) is 6.85. The van der Waals surface area contributed by atoms with Crippen LogP contribution in [0.1, 0.15) is 25.8 Å². The average molecular weight is 313 g/mol. The molecule has 0 saturated carbocycles. The number of amides is 1. The van der Waals surface area contributed by atoms with Crippen molar-refractivity contribution in [1.82, 2.24) is 5.32 Å². The van der Waals surface area contributed by atoms with E-state index in [9.17, 15) is 13.2 Å². The molecule has 1 atom stereocenters. The first-order valence-corrected chi connectivity index (χ1v) is 8.40. The quantitative estimate of drug-likeness (QED) is 0.674. The number of sulfonamides is 1. The predicted molar refractivity (Wildman–Crippen MR) is 82.0 cm³/mol. The molecule has 0 aliphatic heterocycles. The summed E-state index contributed by atoms with van der Waals surface area (Å²) in [5.74, 6) is 0.210. The molecule has 21 heavy (non-hydrogen) atoms. The maximum absolute atomic E-state index is 11.7. The van der Waals surface area contributed by atoms with Gasteiger partial charge in [-0.25, -0.2) is 13.6 Å². The van der Waals surface area contributed by atoms with Crippen LogP contribution < -0.4 is 16.2 Å². The molecule has 1 amide bonds. The Kier molecular flexibility index (Phi) is 6.32. The fraction of sp³-hybridized carbons (Fsp3) is 0.500. The molecular formula is C14H23N3O3S.